The summed E-state index contributed by atoms with van der Waals surface area (Å²) in [5.74, 6) is 0.813. The normalized spacial score (nSPS) is 10.7. The van der Waals surface area contributed by atoms with Crippen molar-refractivity contribution in [3.05, 3.63) is 36.9 Å². The van der Waals surface area contributed by atoms with Crippen LogP contribution in [0.25, 0.3) is 22.8 Å². The fourth-order valence-corrected chi connectivity index (χ4v) is 1.57. The van der Waals surface area contributed by atoms with Crippen LogP contribution in [0.15, 0.2) is 36.9 Å². The smallest absolute Gasteiger partial charge is 0.141 e. The summed E-state index contributed by atoms with van der Waals surface area (Å²) in [5, 5.41) is 6.98. The first-order valence-corrected chi connectivity index (χ1v) is 4.62. The lowest BCUT2D eigenvalue weighted by Gasteiger charge is -1.96. The molecule has 3 aromatic rings. The molecule has 0 spiro atoms. The Morgan fingerprint density at radius 3 is 2.87 bits per heavy atom. The van der Waals surface area contributed by atoms with Crippen molar-refractivity contribution in [3.63, 3.8) is 0 Å². The average Bonchev–Trinajstić information content (AvgIpc) is 3.01. The molecule has 0 aliphatic carbocycles. The van der Waals surface area contributed by atoms with Crippen LogP contribution in [0.3, 0.4) is 0 Å². The summed E-state index contributed by atoms with van der Waals surface area (Å²) in [6, 6.07) is 3.93. The molecule has 3 N–H and O–H groups in total. The standard InChI is InChI=1S/C10H9N5/c1-2-8(11-3-1)9-7(6-14-15-9)10-12-4-5-13-10/h1-6,11H,(H,12,13)(H,14,15). The zero-order valence-corrected chi connectivity index (χ0v) is 7.86. The Bertz CT molecular complexity index is 483. The number of nitrogens with zero attached hydrogens (tertiary/aromatic N) is 2. The SMILES string of the molecule is c1c[nH]c(-c2[nH]ncc2-c2ncc[nH]2)c1. The second-order valence-electron chi connectivity index (χ2n) is 3.18. The van der Waals surface area contributed by atoms with Gasteiger partial charge in [0.25, 0.3) is 0 Å². The molecule has 0 amide bonds. The van der Waals surface area contributed by atoms with Gasteiger partial charge in [0.1, 0.15) is 5.82 Å². The highest BCUT2D eigenvalue weighted by Gasteiger charge is 2.11. The molecule has 0 aliphatic rings. The lowest BCUT2D eigenvalue weighted by molar-refractivity contribution is 1.09. The van der Waals surface area contributed by atoms with Crippen LogP contribution in [0.5, 0.6) is 0 Å². The zero-order chi connectivity index (χ0) is 10.1. The second-order valence-corrected chi connectivity index (χ2v) is 3.18. The maximum atomic E-state index is 4.20. The van der Waals surface area contributed by atoms with Crippen molar-refractivity contribution in [1.82, 2.24) is 25.1 Å². The fraction of sp³-hybridized carbons (Fsp3) is 0. The van der Waals surface area contributed by atoms with Gasteiger partial charge in [-0.15, -0.1) is 0 Å². The molecule has 5 heteroatoms. The first-order valence-electron chi connectivity index (χ1n) is 4.62. The molecule has 0 unspecified atom stereocenters. The Labute approximate surface area is 85.6 Å². The van der Waals surface area contributed by atoms with E-state index in [0.29, 0.717) is 0 Å². The maximum absolute atomic E-state index is 4.20. The predicted molar refractivity (Wildman–Crippen MR) is 56.0 cm³/mol. The van der Waals surface area contributed by atoms with E-state index in [2.05, 4.69) is 25.1 Å². The molecule has 0 radical (unpaired) electrons. The van der Waals surface area contributed by atoms with Crippen molar-refractivity contribution >= 4 is 0 Å². The van der Waals surface area contributed by atoms with E-state index in [1.807, 2.05) is 18.3 Å². The van der Waals surface area contributed by atoms with E-state index in [-0.39, 0.29) is 0 Å². The molecule has 0 aliphatic heterocycles. The number of nitrogens with one attached hydrogen (secondary N) is 3. The van der Waals surface area contributed by atoms with Gasteiger partial charge in [-0.1, -0.05) is 0 Å². The first kappa shape index (κ1) is 8.05. The van der Waals surface area contributed by atoms with Crippen LogP contribution in [0.1, 0.15) is 0 Å². The van der Waals surface area contributed by atoms with E-state index in [1.54, 1.807) is 18.6 Å². The van der Waals surface area contributed by atoms with Crippen LogP contribution in [-0.2, 0) is 0 Å². The molecule has 0 atom stereocenters. The van der Waals surface area contributed by atoms with E-state index in [4.69, 9.17) is 0 Å². The minimum absolute atomic E-state index is 0.813. The first-order chi connectivity index (χ1) is 7.45. The number of imidazole rings is 1. The molecule has 3 heterocycles. The Balaban J connectivity index is 2.15. The minimum atomic E-state index is 0.813. The summed E-state index contributed by atoms with van der Waals surface area (Å²) in [7, 11) is 0. The summed E-state index contributed by atoms with van der Waals surface area (Å²) in [4.78, 5) is 10.4. The third kappa shape index (κ3) is 1.25. The van der Waals surface area contributed by atoms with Crippen molar-refractivity contribution in [2.75, 3.05) is 0 Å². The van der Waals surface area contributed by atoms with Crippen LogP contribution >= 0.6 is 0 Å². The third-order valence-electron chi connectivity index (χ3n) is 2.26. The van der Waals surface area contributed by atoms with Crippen LogP contribution in [0.2, 0.25) is 0 Å². The number of hydrogen-bond donors (Lipinski definition) is 3. The summed E-state index contributed by atoms with van der Waals surface area (Å²) in [5.41, 5.74) is 2.90. The van der Waals surface area contributed by atoms with Gasteiger partial charge in [-0.3, -0.25) is 5.10 Å². The lowest BCUT2D eigenvalue weighted by atomic mass is 10.2. The molecule has 74 valence electrons. The molecule has 0 fully saturated rings. The van der Waals surface area contributed by atoms with E-state index in [0.717, 1.165) is 22.8 Å². The van der Waals surface area contributed by atoms with Crippen LogP contribution in [0.4, 0.5) is 0 Å². The average molecular weight is 199 g/mol. The molecule has 0 saturated carbocycles. The van der Waals surface area contributed by atoms with Gasteiger partial charge in [0.05, 0.1) is 23.1 Å². The van der Waals surface area contributed by atoms with Gasteiger partial charge < -0.3 is 9.97 Å². The van der Waals surface area contributed by atoms with Gasteiger partial charge >= 0.3 is 0 Å². The van der Waals surface area contributed by atoms with Crippen LogP contribution in [0, 0.1) is 0 Å². The number of aromatic nitrogens is 5. The topological polar surface area (TPSA) is 73.2 Å². The molecular weight excluding hydrogens is 190 g/mol. The highest BCUT2D eigenvalue weighted by atomic mass is 15.1. The third-order valence-corrected chi connectivity index (χ3v) is 2.26. The van der Waals surface area contributed by atoms with Crippen molar-refractivity contribution in [2.45, 2.75) is 0 Å². The van der Waals surface area contributed by atoms with Gasteiger partial charge in [-0.2, -0.15) is 5.10 Å². The summed E-state index contributed by atoms with van der Waals surface area (Å²) >= 11 is 0. The van der Waals surface area contributed by atoms with E-state index >= 15 is 0 Å². The molecule has 3 aromatic heterocycles. The Hall–Kier alpha value is -2.30. The van der Waals surface area contributed by atoms with Gasteiger partial charge in [0.2, 0.25) is 0 Å². The molecule has 0 bridgehead atoms. The molecule has 5 nitrogen and oxygen atoms in total. The molecule has 3 rings (SSSR count). The van der Waals surface area contributed by atoms with Crippen molar-refractivity contribution in [1.29, 1.82) is 0 Å². The quantitative estimate of drug-likeness (QED) is 0.588. The number of aromatic amines is 3. The number of H-pyrrole nitrogens is 3. The zero-order valence-electron chi connectivity index (χ0n) is 7.86. The Kier molecular flexibility index (Phi) is 1.68. The fourth-order valence-electron chi connectivity index (χ4n) is 1.57. The molecule has 0 aromatic carbocycles. The molecule has 0 saturated heterocycles. The van der Waals surface area contributed by atoms with Crippen LogP contribution < -0.4 is 0 Å². The Morgan fingerprint density at radius 2 is 2.13 bits per heavy atom. The second kappa shape index (κ2) is 3.13. The predicted octanol–water partition coefficient (Wildman–Crippen LogP) is 1.79. The van der Waals surface area contributed by atoms with E-state index in [9.17, 15) is 0 Å². The number of rotatable bonds is 2. The van der Waals surface area contributed by atoms with Crippen molar-refractivity contribution < 1.29 is 0 Å². The number of hydrogen-bond acceptors (Lipinski definition) is 2. The van der Waals surface area contributed by atoms with Gasteiger partial charge in [-0.05, 0) is 12.1 Å². The van der Waals surface area contributed by atoms with E-state index < -0.39 is 0 Å². The van der Waals surface area contributed by atoms with Gasteiger partial charge in [0.15, 0.2) is 0 Å². The highest BCUT2D eigenvalue weighted by Crippen LogP contribution is 2.25. The Morgan fingerprint density at radius 1 is 1.13 bits per heavy atom. The largest absolute Gasteiger partial charge is 0.360 e. The van der Waals surface area contributed by atoms with Gasteiger partial charge in [0, 0.05) is 18.6 Å². The summed E-state index contributed by atoms with van der Waals surface area (Å²) in [6.07, 6.45) is 7.15. The van der Waals surface area contributed by atoms with Crippen LogP contribution in [-0.4, -0.2) is 25.1 Å². The minimum Gasteiger partial charge on any atom is -0.360 e. The van der Waals surface area contributed by atoms with Gasteiger partial charge in [-0.25, -0.2) is 4.98 Å². The molecular formula is C10H9N5. The van der Waals surface area contributed by atoms with E-state index in [1.165, 1.54) is 0 Å². The summed E-state index contributed by atoms with van der Waals surface area (Å²) < 4.78 is 0. The molecule has 15 heavy (non-hydrogen) atoms. The lowest BCUT2D eigenvalue weighted by Crippen LogP contribution is -1.83. The monoisotopic (exact) mass is 199 g/mol. The van der Waals surface area contributed by atoms with Crippen molar-refractivity contribution in [3.8, 4) is 22.8 Å². The van der Waals surface area contributed by atoms with Crippen molar-refractivity contribution in [2.24, 2.45) is 0 Å². The summed E-state index contributed by atoms with van der Waals surface area (Å²) in [6.45, 7) is 0. The highest BCUT2D eigenvalue weighted by molar-refractivity contribution is 5.74. The maximum Gasteiger partial charge on any atom is 0.141 e.